The average Bonchev–Trinajstić information content (AvgIpc) is 2.46. The van der Waals surface area contributed by atoms with E-state index in [2.05, 4.69) is 23.5 Å². The van der Waals surface area contributed by atoms with Crippen LogP contribution in [-0.4, -0.2) is 9.97 Å². The summed E-state index contributed by atoms with van der Waals surface area (Å²) in [7, 11) is 0. The van der Waals surface area contributed by atoms with Crippen molar-refractivity contribution in [3.63, 3.8) is 0 Å². The lowest BCUT2D eigenvalue weighted by Gasteiger charge is -1.89. The minimum atomic E-state index is 0.459. The third-order valence-corrected chi connectivity index (χ3v) is 1.60. The highest BCUT2D eigenvalue weighted by molar-refractivity contribution is 5.45. The van der Waals surface area contributed by atoms with Crippen LogP contribution in [0, 0.1) is 0 Å². The predicted molar refractivity (Wildman–Crippen MR) is 45.9 cm³/mol. The summed E-state index contributed by atoms with van der Waals surface area (Å²) in [5, 5.41) is 0. The van der Waals surface area contributed by atoms with Crippen LogP contribution < -0.4 is 5.73 Å². The first-order valence-electron chi connectivity index (χ1n) is 3.72. The summed E-state index contributed by atoms with van der Waals surface area (Å²) < 4.78 is 0. The Kier molecular flexibility index (Phi) is 2.44. The Bertz CT molecular complexity index is 250. The minimum Gasteiger partial charge on any atom is -0.344 e. The van der Waals surface area contributed by atoms with Gasteiger partial charge in [0.25, 0.3) is 0 Å². The highest BCUT2D eigenvalue weighted by Crippen LogP contribution is 2.07. The fourth-order valence-corrected chi connectivity index (χ4v) is 1.01. The quantitative estimate of drug-likeness (QED) is 0.679. The maximum absolute atomic E-state index is 5.41. The number of rotatable bonds is 3. The molecule has 0 radical (unpaired) electrons. The maximum atomic E-state index is 5.41. The van der Waals surface area contributed by atoms with E-state index in [4.69, 9.17) is 5.73 Å². The largest absolute Gasteiger partial charge is 0.344 e. The molecule has 0 amide bonds. The fraction of sp³-hybridized carbons (Fsp3) is 0.375. The Morgan fingerprint density at radius 3 is 2.82 bits per heavy atom. The Balaban J connectivity index is 3.01. The van der Waals surface area contributed by atoms with Crippen molar-refractivity contribution in [1.29, 1.82) is 0 Å². The van der Waals surface area contributed by atoms with Crippen LogP contribution in [0.3, 0.4) is 0 Å². The lowest BCUT2D eigenvalue weighted by Crippen LogP contribution is -1.98. The molecule has 11 heavy (non-hydrogen) atoms. The van der Waals surface area contributed by atoms with E-state index in [9.17, 15) is 0 Å². The summed E-state index contributed by atoms with van der Waals surface area (Å²) in [5.74, 6) is 0.830. The lowest BCUT2D eigenvalue weighted by atomic mass is 10.3. The molecule has 0 saturated carbocycles. The number of H-pyrrole nitrogens is 1. The molecule has 0 unspecified atom stereocenters. The van der Waals surface area contributed by atoms with Crippen molar-refractivity contribution in [2.45, 2.75) is 19.9 Å². The Morgan fingerprint density at radius 2 is 2.45 bits per heavy atom. The molecule has 0 spiro atoms. The zero-order valence-electron chi connectivity index (χ0n) is 6.72. The number of nitrogens with two attached hydrogens (primary N) is 1. The third kappa shape index (κ3) is 1.49. The van der Waals surface area contributed by atoms with Gasteiger partial charge in [0.15, 0.2) is 0 Å². The van der Waals surface area contributed by atoms with Gasteiger partial charge in [-0.3, -0.25) is 0 Å². The van der Waals surface area contributed by atoms with Crippen molar-refractivity contribution in [2.75, 3.05) is 0 Å². The summed E-state index contributed by atoms with van der Waals surface area (Å²) in [4.78, 5) is 7.34. The highest BCUT2D eigenvalue weighted by atomic mass is 14.9. The van der Waals surface area contributed by atoms with E-state index >= 15 is 0 Å². The second kappa shape index (κ2) is 3.34. The van der Waals surface area contributed by atoms with Gasteiger partial charge in [-0.25, -0.2) is 4.98 Å². The van der Waals surface area contributed by atoms with E-state index in [0.29, 0.717) is 6.54 Å². The van der Waals surface area contributed by atoms with Crippen molar-refractivity contribution >= 4 is 6.08 Å². The number of aromatic amines is 1. The lowest BCUT2D eigenvalue weighted by molar-refractivity contribution is 0.931. The predicted octanol–water partition coefficient (Wildman–Crippen LogP) is 1.07. The Hall–Kier alpha value is -1.09. The number of aryl methyl sites for hydroxylation is 1. The Labute approximate surface area is 66.3 Å². The van der Waals surface area contributed by atoms with Crippen molar-refractivity contribution in [1.82, 2.24) is 9.97 Å². The molecule has 1 rings (SSSR count). The molecule has 60 valence electrons. The molecule has 0 aliphatic heterocycles. The first-order valence-corrected chi connectivity index (χ1v) is 3.72. The van der Waals surface area contributed by atoms with E-state index in [1.165, 1.54) is 0 Å². The standard InChI is InChI=1S/C8H13N3/c1-3-6-7(4-2)11-8(5-9)10-6/h3H,1,4-5,9H2,2H3,(H,10,11). The van der Waals surface area contributed by atoms with Crippen molar-refractivity contribution in [3.05, 3.63) is 23.8 Å². The summed E-state index contributed by atoms with van der Waals surface area (Å²) in [5.41, 5.74) is 7.45. The van der Waals surface area contributed by atoms with Gasteiger partial charge >= 0.3 is 0 Å². The number of nitrogens with one attached hydrogen (secondary N) is 1. The average molecular weight is 151 g/mol. The van der Waals surface area contributed by atoms with Gasteiger partial charge < -0.3 is 10.7 Å². The van der Waals surface area contributed by atoms with Crippen LogP contribution in [0.5, 0.6) is 0 Å². The van der Waals surface area contributed by atoms with Crippen LogP contribution in [0.4, 0.5) is 0 Å². The second-order valence-electron chi connectivity index (χ2n) is 2.31. The molecule has 3 nitrogen and oxygen atoms in total. The molecule has 0 aliphatic rings. The van der Waals surface area contributed by atoms with Crippen LogP contribution in [0.15, 0.2) is 6.58 Å². The van der Waals surface area contributed by atoms with E-state index in [1.807, 2.05) is 0 Å². The number of hydrogen-bond donors (Lipinski definition) is 2. The van der Waals surface area contributed by atoms with Gasteiger partial charge in [0.1, 0.15) is 5.82 Å². The summed E-state index contributed by atoms with van der Waals surface area (Å²) in [6, 6.07) is 0. The molecular formula is C8H13N3. The molecule has 0 aliphatic carbocycles. The van der Waals surface area contributed by atoms with E-state index in [1.54, 1.807) is 6.08 Å². The minimum absolute atomic E-state index is 0.459. The zero-order chi connectivity index (χ0) is 8.27. The number of imidazole rings is 1. The van der Waals surface area contributed by atoms with E-state index in [-0.39, 0.29) is 0 Å². The molecule has 0 saturated heterocycles. The normalized spacial score (nSPS) is 10.0. The van der Waals surface area contributed by atoms with Gasteiger partial charge in [-0.05, 0) is 12.5 Å². The summed E-state index contributed by atoms with van der Waals surface area (Å²) in [6.07, 6.45) is 2.68. The van der Waals surface area contributed by atoms with E-state index < -0.39 is 0 Å². The topological polar surface area (TPSA) is 54.7 Å². The third-order valence-electron chi connectivity index (χ3n) is 1.60. The molecule has 0 aromatic carbocycles. The first-order chi connectivity index (χ1) is 5.31. The van der Waals surface area contributed by atoms with Crippen LogP contribution in [0.25, 0.3) is 6.08 Å². The van der Waals surface area contributed by atoms with Gasteiger partial charge in [-0.1, -0.05) is 13.5 Å². The van der Waals surface area contributed by atoms with Gasteiger partial charge in [0.2, 0.25) is 0 Å². The summed E-state index contributed by atoms with van der Waals surface area (Å²) in [6.45, 7) is 6.19. The highest BCUT2D eigenvalue weighted by Gasteiger charge is 2.02. The molecule has 1 heterocycles. The Morgan fingerprint density at radius 1 is 1.73 bits per heavy atom. The molecule has 1 aromatic rings. The molecule has 3 N–H and O–H groups in total. The molecule has 0 atom stereocenters. The molecule has 3 heteroatoms. The van der Waals surface area contributed by atoms with Gasteiger partial charge in [-0.15, -0.1) is 0 Å². The SMILES string of the molecule is C=Cc1nc(CN)[nH]c1CC. The van der Waals surface area contributed by atoms with Gasteiger partial charge in [-0.2, -0.15) is 0 Å². The zero-order valence-corrected chi connectivity index (χ0v) is 6.72. The number of hydrogen-bond acceptors (Lipinski definition) is 2. The first kappa shape index (κ1) is 8.01. The number of nitrogens with zero attached hydrogens (tertiary/aromatic N) is 1. The van der Waals surface area contributed by atoms with Crippen LogP contribution in [0.1, 0.15) is 24.1 Å². The van der Waals surface area contributed by atoms with Crippen LogP contribution in [-0.2, 0) is 13.0 Å². The maximum Gasteiger partial charge on any atom is 0.120 e. The number of aromatic nitrogens is 2. The van der Waals surface area contributed by atoms with Crippen molar-refractivity contribution in [3.8, 4) is 0 Å². The van der Waals surface area contributed by atoms with Gasteiger partial charge in [0, 0.05) is 5.69 Å². The van der Waals surface area contributed by atoms with Crippen molar-refractivity contribution < 1.29 is 0 Å². The van der Waals surface area contributed by atoms with Crippen LogP contribution in [0.2, 0.25) is 0 Å². The van der Waals surface area contributed by atoms with E-state index in [0.717, 1.165) is 23.6 Å². The molecular weight excluding hydrogens is 138 g/mol. The van der Waals surface area contributed by atoms with Gasteiger partial charge in [0.05, 0.1) is 12.2 Å². The smallest absolute Gasteiger partial charge is 0.120 e. The summed E-state index contributed by atoms with van der Waals surface area (Å²) >= 11 is 0. The van der Waals surface area contributed by atoms with Crippen molar-refractivity contribution in [2.24, 2.45) is 5.73 Å². The monoisotopic (exact) mass is 151 g/mol. The molecule has 0 bridgehead atoms. The molecule has 1 aromatic heterocycles. The second-order valence-corrected chi connectivity index (χ2v) is 2.31. The van der Waals surface area contributed by atoms with Crippen LogP contribution >= 0.6 is 0 Å². The fourth-order valence-electron chi connectivity index (χ4n) is 1.01. The molecule has 0 fully saturated rings.